The minimum absolute atomic E-state index is 0.0869. The maximum absolute atomic E-state index is 13.7. The zero-order chi connectivity index (χ0) is 18.8. The average Bonchev–Trinajstić information content (AvgIpc) is 3.16. The molecule has 1 aliphatic heterocycles. The second kappa shape index (κ2) is 7.19. The molecule has 0 spiro atoms. The Kier molecular flexibility index (Phi) is 4.97. The number of halogens is 1. The zero-order valence-corrected chi connectivity index (χ0v) is 13.3. The van der Waals surface area contributed by atoms with E-state index in [1.54, 1.807) is 6.07 Å². The quantitative estimate of drug-likeness (QED) is 0.488. The first-order chi connectivity index (χ1) is 12.4. The number of hydrogen-bond acceptors (Lipinski definition) is 7. The molecule has 2 aromatic rings. The Labute approximate surface area is 146 Å². The number of aliphatic hydroxyl groups excluding tert-OH is 3. The van der Waals surface area contributed by atoms with Gasteiger partial charge in [-0.3, -0.25) is 4.79 Å². The summed E-state index contributed by atoms with van der Waals surface area (Å²) in [5.74, 6) is 3.09. The molecular formula is C16H15FN4O5. The van der Waals surface area contributed by atoms with Crippen LogP contribution >= 0.6 is 0 Å². The first-order valence-corrected chi connectivity index (χ1v) is 7.57. The largest absolute Gasteiger partial charge is 0.394 e. The van der Waals surface area contributed by atoms with E-state index in [-0.39, 0.29) is 17.2 Å². The number of ether oxygens (including phenoxy) is 1. The number of amides is 1. The highest BCUT2D eigenvalue weighted by Gasteiger charge is 2.44. The van der Waals surface area contributed by atoms with E-state index in [0.29, 0.717) is 0 Å². The van der Waals surface area contributed by atoms with Gasteiger partial charge in [0.05, 0.1) is 12.2 Å². The fourth-order valence-electron chi connectivity index (χ4n) is 2.46. The molecule has 9 nitrogen and oxygen atoms in total. The normalized spacial score (nSPS) is 24.9. The fourth-order valence-corrected chi connectivity index (χ4v) is 2.46. The Morgan fingerprint density at radius 3 is 2.65 bits per heavy atom. The molecule has 26 heavy (non-hydrogen) atoms. The van der Waals surface area contributed by atoms with Crippen LogP contribution in [-0.2, 0) is 4.74 Å². The number of nitrogens with zero attached hydrogens (tertiary/aromatic N) is 3. The second-order valence-electron chi connectivity index (χ2n) is 5.53. The topological polar surface area (TPSA) is 144 Å². The summed E-state index contributed by atoms with van der Waals surface area (Å²) >= 11 is 0. The molecule has 0 aliphatic carbocycles. The van der Waals surface area contributed by atoms with Crippen LogP contribution in [0, 0.1) is 17.7 Å². The molecule has 136 valence electrons. The monoisotopic (exact) mass is 362 g/mol. The number of hydrogen-bond donors (Lipinski definition) is 4. The Morgan fingerprint density at radius 1 is 1.31 bits per heavy atom. The van der Waals surface area contributed by atoms with Gasteiger partial charge in [-0.15, -0.1) is 5.10 Å². The number of aliphatic hydroxyl groups is 3. The molecule has 5 N–H and O–H groups in total. The van der Waals surface area contributed by atoms with Crippen molar-refractivity contribution in [1.82, 2.24) is 14.8 Å². The van der Waals surface area contributed by atoms with Crippen LogP contribution in [0.4, 0.5) is 4.39 Å². The number of nitrogens with two attached hydrogens (primary N) is 1. The summed E-state index contributed by atoms with van der Waals surface area (Å²) in [6.45, 7) is -0.539. The molecule has 1 aromatic heterocycles. The van der Waals surface area contributed by atoms with Crippen LogP contribution in [-0.4, -0.2) is 60.9 Å². The average molecular weight is 362 g/mol. The summed E-state index contributed by atoms with van der Waals surface area (Å²) in [4.78, 5) is 15.2. The standard InChI is InChI=1S/C16H15FN4O5/c17-9-4-2-1-3-8(9)5-6-11-19-15(14(18)25)20-21(11)16-13(24)12(23)10(7-22)26-16/h1-4,10,12-13,16,22-24H,7H2,(H2,18,25)/t10-,12?,13?,16-/m1/s1. The van der Waals surface area contributed by atoms with Crippen LogP contribution in [0.25, 0.3) is 0 Å². The third-order valence-corrected chi connectivity index (χ3v) is 3.79. The Morgan fingerprint density at radius 2 is 2.04 bits per heavy atom. The first kappa shape index (κ1) is 18.0. The van der Waals surface area contributed by atoms with Crippen molar-refractivity contribution >= 4 is 5.91 Å². The van der Waals surface area contributed by atoms with Crippen LogP contribution in [0.3, 0.4) is 0 Å². The van der Waals surface area contributed by atoms with Crippen molar-refractivity contribution in [2.75, 3.05) is 6.61 Å². The second-order valence-corrected chi connectivity index (χ2v) is 5.53. The summed E-state index contributed by atoms with van der Waals surface area (Å²) in [6, 6.07) is 5.78. The molecule has 2 heterocycles. The fraction of sp³-hybridized carbons (Fsp3) is 0.312. The van der Waals surface area contributed by atoms with Crippen molar-refractivity contribution < 1.29 is 29.2 Å². The molecular weight excluding hydrogens is 347 g/mol. The lowest BCUT2D eigenvalue weighted by molar-refractivity contribution is -0.0592. The van der Waals surface area contributed by atoms with E-state index in [9.17, 15) is 24.5 Å². The predicted octanol–water partition coefficient (Wildman–Crippen LogP) is -1.47. The van der Waals surface area contributed by atoms with Crippen LogP contribution in [0.2, 0.25) is 0 Å². The van der Waals surface area contributed by atoms with E-state index in [2.05, 4.69) is 21.9 Å². The van der Waals surface area contributed by atoms with Gasteiger partial charge in [-0.05, 0) is 18.1 Å². The third kappa shape index (κ3) is 3.29. The van der Waals surface area contributed by atoms with Gasteiger partial charge >= 0.3 is 0 Å². The minimum atomic E-state index is -1.46. The number of carbonyl (C=O) groups excluding carboxylic acids is 1. The summed E-state index contributed by atoms with van der Waals surface area (Å²) in [5.41, 5.74) is 5.25. The van der Waals surface area contributed by atoms with Crippen LogP contribution in [0.15, 0.2) is 24.3 Å². The van der Waals surface area contributed by atoms with Gasteiger partial charge < -0.3 is 25.8 Å². The number of primary amides is 1. The van der Waals surface area contributed by atoms with Gasteiger partial charge in [0.2, 0.25) is 11.6 Å². The number of benzene rings is 1. The van der Waals surface area contributed by atoms with Gasteiger partial charge in [0.1, 0.15) is 24.1 Å². The summed E-state index contributed by atoms with van der Waals surface area (Å²) in [6.07, 6.45) is -5.14. The maximum Gasteiger partial charge on any atom is 0.288 e. The lowest BCUT2D eigenvalue weighted by Crippen LogP contribution is -2.33. The van der Waals surface area contributed by atoms with E-state index in [4.69, 9.17) is 10.5 Å². The van der Waals surface area contributed by atoms with Gasteiger partial charge in [-0.25, -0.2) is 9.07 Å². The molecule has 10 heteroatoms. The third-order valence-electron chi connectivity index (χ3n) is 3.79. The van der Waals surface area contributed by atoms with Gasteiger partial charge in [0, 0.05) is 0 Å². The highest BCUT2D eigenvalue weighted by molar-refractivity contribution is 5.88. The lowest BCUT2D eigenvalue weighted by atomic mass is 10.1. The highest BCUT2D eigenvalue weighted by atomic mass is 19.1. The predicted molar refractivity (Wildman–Crippen MR) is 83.9 cm³/mol. The molecule has 1 fully saturated rings. The zero-order valence-electron chi connectivity index (χ0n) is 13.3. The van der Waals surface area contributed by atoms with Crippen molar-refractivity contribution in [2.24, 2.45) is 5.73 Å². The molecule has 0 bridgehead atoms. The van der Waals surface area contributed by atoms with Gasteiger partial charge in [0.25, 0.3) is 5.91 Å². The number of aromatic nitrogens is 3. The van der Waals surface area contributed by atoms with Crippen molar-refractivity contribution in [2.45, 2.75) is 24.5 Å². The molecule has 4 atom stereocenters. The molecule has 1 saturated heterocycles. The summed E-state index contributed by atoms with van der Waals surface area (Å²) in [7, 11) is 0. The lowest BCUT2D eigenvalue weighted by Gasteiger charge is -2.15. The Hall–Kier alpha value is -2.84. The molecule has 0 radical (unpaired) electrons. The molecule has 3 rings (SSSR count). The molecule has 2 unspecified atom stereocenters. The van der Waals surface area contributed by atoms with Gasteiger partial charge in [-0.1, -0.05) is 18.1 Å². The first-order valence-electron chi connectivity index (χ1n) is 7.57. The van der Waals surface area contributed by atoms with E-state index in [0.717, 1.165) is 4.68 Å². The number of rotatable bonds is 3. The van der Waals surface area contributed by atoms with E-state index in [1.807, 2.05) is 0 Å². The van der Waals surface area contributed by atoms with E-state index < -0.39 is 42.9 Å². The molecule has 0 saturated carbocycles. The van der Waals surface area contributed by atoms with Crippen molar-refractivity contribution in [3.63, 3.8) is 0 Å². The van der Waals surface area contributed by atoms with Crippen molar-refractivity contribution in [1.29, 1.82) is 0 Å². The summed E-state index contributed by atoms with van der Waals surface area (Å²) in [5, 5.41) is 33.0. The van der Waals surface area contributed by atoms with Crippen LogP contribution in [0.5, 0.6) is 0 Å². The van der Waals surface area contributed by atoms with Gasteiger partial charge in [-0.2, -0.15) is 4.98 Å². The SMILES string of the molecule is NC(=O)c1nc(C#Cc2ccccc2F)n([C@@H]2O[C@H](CO)C(O)C2O)n1. The van der Waals surface area contributed by atoms with E-state index >= 15 is 0 Å². The smallest absolute Gasteiger partial charge is 0.288 e. The van der Waals surface area contributed by atoms with Crippen molar-refractivity contribution in [3.05, 3.63) is 47.3 Å². The minimum Gasteiger partial charge on any atom is -0.394 e. The van der Waals surface area contributed by atoms with Crippen LogP contribution < -0.4 is 5.73 Å². The maximum atomic E-state index is 13.7. The Bertz CT molecular complexity index is 890. The summed E-state index contributed by atoms with van der Waals surface area (Å²) < 4.78 is 20.0. The van der Waals surface area contributed by atoms with Crippen molar-refractivity contribution in [3.8, 4) is 11.8 Å². The van der Waals surface area contributed by atoms with Gasteiger partial charge in [0.15, 0.2) is 6.23 Å². The molecule has 1 aliphatic rings. The highest BCUT2D eigenvalue weighted by Crippen LogP contribution is 2.29. The number of carbonyl (C=O) groups is 1. The van der Waals surface area contributed by atoms with E-state index in [1.165, 1.54) is 18.2 Å². The molecule has 1 amide bonds. The molecule has 1 aromatic carbocycles. The van der Waals surface area contributed by atoms with Crippen LogP contribution in [0.1, 0.15) is 28.2 Å². The Balaban J connectivity index is 2.01.